The maximum Gasteiger partial charge on any atom is 0.243 e. The zero-order valence-corrected chi connectivity index (χ0v) is 13.2. The lowest BCUT2D eigenvalue weighted by atomic mass is 10.1. The second-order valence-electron chi connectivity index (χ2n) is 5.58. The Morgan fingerprint density at radius 1 is 1.43 bits per heavy atom. The van der Waals surface area contributed by atoms with Crippen LogP contribution in [0.1, 0.15) is 32.3 Å². The Bertz CT molecular complexity index is 533. The minimum Gasteiger partial charge on any atom is -0.352 e. The molecule has 0 radical (unpaired) electrons. The lowest BCUT2D eigenvalue weighted by Crippen LogP contribution is -2.48. The fourth-order valence-electron chi connectivity index (χ4n) is 2.80. The van der Waals surface area contributed by atoms with Crippen LogP contribution in [-0.2, 0) is 16.0 Å². The summed E-state index contributed by atoms with van der Waals surface area (Å²) in [5.74, 6) is -0.103. The van der Waals surface area contributed by atoms with E-state index in [4.69, 9.17) is 11.6 Å². The first kappa shape index (κ1) is 15.8. The van der Waals surface area contributed by atoms with Gasteiger partial charge in [-0.15, -0.1) is 0 Å². The summed E-state index contributed by atoms with van der Waals surface area (Å²) in [5.41, 5.74) is 1.02. The molecule has 2 amide bonds. The van der Waals surface area contributed by atoms with Gasteiger partial charge in [0.1, 0.15) is 6.04 Å². The molecule has 1 fully saturated rings. The summed E-state index contributed by atoms with van der Waals surface area (Å²) in [6, 6.07) is 7.29. The smallest absolute Gasteiger partial charge is 0.243 e. The van der Waals surface area contributed by atoms with E-state index in [1.54, 1.807) is 4.90 Å². The molecule has 0 spiro atoms. The third kappa shape index (κ3) is 3.97. The molecule has 5 heteroatoms. The molecular weight excluding hydrogens is 288 g/mol. The number of nitrogens with zero attached hydrogens (tertiary/aromatic N) is 1. The maximum absolute atomic E-state index is 12.3. The Morgan fingerprint density at radius 2 is 2.14 bits per heavy atom. The number of carbonyl (C=O) groups excluding carboxylic acids is 2. The van der Waals surface area contributed by atoms with E-state index in [1.807, 2.05) is 31.2 Å². The van der Waals surface area contributed by atoms with Crippen LogP contribution in [0.2, 0.25) is 5.02 Å². The minimum absolute atomic E-state index is 0.0215. The van der Waals surface area contributed by atoms with Crippen LogP contribution in [0.4, 0.5) is 0 Å². The number of rotatable bonds is 4. The number of hydrogen-bond donors (Lipinski definition) is 1. The van der Waals surface area contributed by atoms with Gasteiger partial charge >= 0.3 is 0 Å². The van der Waals surface area contributed by atoms with Crippen LogP contribution >= 0.6 is 11.6 Å². The van der Waals surface area contributed by atoms with Gasteiger partial charge in [0.05, 0.1) is 0 Å². The SMILES string of the molecule is CC(=O)N1CCC[C@@H]1C(=O)NC(C)Cc1ccccc1Cl. The predicted molar refractivity (Wildman–Crippen MR) is 83.2 cm³/mol. The molecule has 0 aromatic heterocycles. The summed E-state index contributed by atoms with van der Waals surface area (Å²) in [4.78, 5) is 25.5. The highest BCUT2D eigenvalue weighted by atomic mass is 35.5. The zero-order chi connectivity index (χ0) is 15.4. The molecule has 114 valence electrons. The van der Waals surface area contributed by atoms with Crippen molar-refractivity contribution in [3.8, 4) is 0 Å². The van der Waals surface area contributed by atoms with E-state index in [2.05, 4.69) is 5.32 Å². The number of benzene rings is 1. The number of halogens is 1. The molecular formula is C16H21ClN2O2. The molecule has 1 saturated heterocycles. The molecule has 1 heterocycles. The van der Waals surface area contributed by atoms with Crippen molar-refractivity contribution in [1.82, 2.24) is 10.2 Å². The van der Waals surface area contributed by atoms with Crippen molar-refractivity contribution in [2.45, 2.75) is 45.2 Å². The van der Waals surface area contributed by atoms with Crippen molar-refractivity contribution >= 4 is 23.4 Å². The van der Waals surface area contributed by atoms with Crippen LogP contribution in [0.3, 0.4) is 0 Å². The van der Waals surface area contributed by atoms with Gasteiger partial charge in [-0.2, -0.15) is 0 Å². The Kier molecular flexibility index (Phi) is 5.23. The first-order valence-corrected chi connectivity index (χ1v) is 7.68. The van der Waals surface area contributed by atoms with E-state index in [-0.39, 0.29) is 23.9 Å². The van der Waals surface area contributed by atoms with E-state index < -0.39 is 0 Å². The molecule has 2 atom stereocenters. The molecule has 1 aromatic rings. The summed E-state index contributed by atoms with van der Waals surface area (Å²) in [6.45, 7) is 4.14. The standard InChI is InChI=1S/C16H21ClN2O2/c1-11(10-13-6-3-4-7-14(13)17)18-16(21)15-8-5-9-19(15)12(2)20/h3-4,6-7,11,15H,5,8-10H2,1-2H3,(H,18,21)/t11?,15-/m1/s1. The largest absolute Gasteiger partial charge is 0.352 e. The number of amides is 2. The average molecular weight is 309 g/mol. The second-order valence-corrected chi connectivity index (χ2v) is 5.98. The molecule has 1 aliphatic rings. The molecule has 0 saturated carbocycles. The normalized spacial score (nSPS) is 19.4. The number of hydrogen-bond acceptors (Lipinski definition) is 2. The monoisotopic (exact) mass is 308 g/mol. The molecule has 2 rings (SSSR count). The highest BCUT2D eigenvalue weighted by molar-refractivity contribution is 6.31. The van der Waals surface area contributed by atoms with Crippen LogP contribution in [0.5, 0.6) is 0 Å². The van der Waals surface area contributed by atoms with Gasteiger partial charge in [-0.1, -0.05) is 29.8 Å². The van der Waals surface area contributed by atoms with Crippen molar-refractivity contribution in [2.24, 2.45) is 0 Å². The molecule has 1 aliphatic heterocycles. The van der Waals surface area contributed by atoms with E-state index >= 15 is 0 Å². The molecule has 1 unspecified atom stereocenters. The van der Waals surface area contributed by atoms with Gasteiger partial charge in [0.25, 0.3) is 0 Å². The van der Waals surface area contributed by atoms with Gasteiger partial charge in [0, 0.05) is 24.5 Å². The third-order valence-electron chi connectivity index (χ3n) is 3.83. The highest BCUT2D eigenvalue weighted by Crippen LogP contribution is 2.19. The quantitative estimate of drug-likeness (QED) is 0.928. The maximum atomic E-state index is 12.3. The first-order valence-electron chi connectivity index (χ1n) is 7.30. The fourth-order valence-corrected chi connectivity index (χ4v) is 3.01. The highest BCUT2D eigenvalue weighted by Gasteiger charge is 2.32. The van der Waals surface area contributed by atoms with Gasteiger partial charge in [-0.3, -0.25) is 9.59 Å². The van der Waals surface area contributed by atoms with Crippen molar-refractivity contribution in [3.05, 3.63) is 34.9 Å². The van der Waals surface area contributed by atoms with Crippen molar-refractivity contribution in [3.63, 3.8) is 0 Å². The first-order chi connectivity index (χ1) is 9.99. The summed E-state index contributed by atoms with van der Waals surface area (Å²) >= 11 is 6.13. The molecule has 0 bridgehead atoms. The average Bonchev–Trinajstić information content (AvgIpc) is 2.91. The molecule has 1 aromatic carbocycles. The summed E-state index contributed by atoms with van der Waals surface area (Å²) in [5, 5.41) is 3.70. The van der Waals surface area contributed by atoms with Crippen LogP contribution in [0, 0.1) is 0 Å². The lowest BCUT2D eigenvalue weighted by molar-refractivity contribution is -0.137. The lowest BCUT2D eigenvalue weighted by Gasteiger charge is -2.24. The summed E-state index contributed by atoms with van der Waals surface area (Å²) in [7, 11) is 0. The van der Waals surface area contributed by atoms with E-state index in [9.17, 15) is 9.59 Å². The van der Waals surface area contributed by atoms with Gasteiger partial charge in [0.2, 0.25) is 11.8 Å². The topological polar surface area (TPSA) is 49.4 Å². The van der Waals surface area contributed by atoms with Crippen molar-refractivity contribution in [2.75, 3.05) is 6.54 Å². The number of likely N-dealkylation sites (tertiary alicyclic amines) is 1. The Balaban J connectivity index is 1.93. The van der Waals surface area contributed by atoms with Gasteiger partial charge in [-0.05, 0) is 37.8 Å². The molecule has 21 heavy (non-hydrogen) atoms. The van der Waals surface area contributed by atoms with Gasteiger partial charge in [0.15, 0.2) is 0 Å². The zero-order valence-electron chi connectivity index (χ0n) is 12.4. The fraction of sp³-hybridized carbons (Fsp3) is 0.500. The summed E-state index contributed by atoms with van der Waals surface area (Å²) in [6.07, 6.45) is 2.30. The van der Waals surface area contributed by atoms with Gasteiger partial charge in [-0.25, -0.2) is 0 Å². The van der Waals surface area contributed by atoms with E-state index in [1.165, 1.54) is 6.92 Å². The molecule has 0 aliphatic carbocycles. The predicted octanol–water partition coefficient (Wildman–Crippen LogP) is 2.40. The Labute approximate surface area is 130 Å². The Hall–Kier alpha value is -1.55. The third-order valence-corrected chi connectivity index (χ3v) is 4.20. The van der Waals surface area contributed by atoms with Crippen molar-refractivity contribution in [1.29, 1.82) is 0 Å². The van der Waals surface area contributed by atoms with E-state index in [0.29, 0.717) is 18.0 Å². The second kappa shape index (κ2) is 6.94. The number of nitrogens with one attached hydrogen (secondary N) is 1. The minimum atomic E-state index is -0.323. The van der Waals surface area contributed by atoms with Crippen LogP contribution in [-0.4, -0.2) is 35.3 Å². The molecule has 4 nitrogen and oxygen atoms in total. The van der Waals surface area contributed by atoms with Gasteiger partial charge < -0.3 is 10.2 Å². The molecule has 1 N–H and O–H groups in total. The van der Waals surface area contributed by atoms with E-state index in [0.717, 1.165) is 18.4 Å². The summed E-state index contributed by atoms with van der Waals surface area (Å²) < 4.78 is 0. The van der Waals surface area contributed by atoms with Crippen molar-refractivity contribution < 1.29 is 9.59 Å². The van der Waals surface area contributed by atoms with Crippen LogP contribution in [0.25, 0.3) is 0 Å². The Morgan fingerprint density at radius 3 is 2.81 bits per heavy atom. The van der Waals surface area contributed by atoms with Crippen LogP contribution < -0.4 is 5.32 Å². The van der Waals surface area contributed by atoms with Crippen LogP contribution in [0.15, 0.2) is 24.3 Å². The number of carbonyl (C=O) groups is 2.